The topological polar surface area (TPSA) is 47.6 Å². The Hall–Kier alpha value is -2.11. The van der Waals surface area contributed by atoms with Crippen LogP contribution < -0.4 is 14.8 Å². The van der Waals surface area contributed by atoms with Crippen molar-refractivity contribution in [2.45, 2.75) is 4.90 Å². The van der Waals surface area contributed by atoms with Gasteiger partial charge in [0.25, 0.3) is 0 Å². The lowest BCUT2D eigenvalue weighted by Gasteiger charge is -2.10. The van der Waals surface area contributed by atoms with Gasteiger partial charge in [-0.1, -0.05) is 11.6 Å². The van der Waals surface area contributed by atoms with Crippen LogP contribution in [0.5, 0.6) is 11.5 Å². The number of nitrogens with one attached hydrogen (secondary N) is 1. The predicted molar refractivity (Wildman–Crippen MR) is 100 cm³/mol. The van der Waals surface area contributed by atoms with Gasteiger partial charge >= 0.3 is 0 Å². The number of carbonyl (C=O) groups is 1. The van der Waals surface area contributed by atoms with Crippen LogP contribution in [0.2, 0.25) is 5.02 Å². The third-order valence-corrected chi connectivity index (χ3v) is 4.26. The number of anilines is 1. The van der Waals surface area contributed by atoms with Gasteiger partial charge < -0.3 is 14.8 Å². The Morgan fingerprint density at radius 1 is 1.17 bits per heavy atom. The number of carbonyl (C=O) groups excluding carboxylic acids is 1. The highest BCUT2D eigenvalue weighted by Gasteiger charge is 2.09. The normalized spacial score (nSPS) is 10.7. The van der Waals surface area contributed by atoms with Crippen molar-refractivity contribution in [1.29, 1.82) is 0 Å². The first-order chi connectivity index (χ1) is 11.6. The number of hydrogen-bond acceptors (Lipinski definition) is 4. The second-order valence-electron chi connectivity index (χ2n) is 4.79. The lowest BCUT2D eigenvalue weighted by atomic mass is 10.2. The van der Waals surface area contributed by atoms with E-state index in [1.807, 2.05) is 30.5 Å². The van der Waals surface area contributed by atoms with Gasteiger partial charge in [-0.15, -0.1) is 11.8 Å². The van der Waals surface area contributed by atoms with Gasteiger partial charge in [0.2, 0.25) is 5.91 Å². The van der Waals surface area contributed by atoms with Crippen molar-refractivity contribution < 1.29 is 14.3 Å². The summed E-state index contributed by atoms with van der Waals surface area (Å²) in [6, 6.07) is 11.1. The fourth-order valence-corrected chi connectivity index (χ4v) is 2.77. The van der Waals surface area contributed by atoms with Gasteiger partial charge in [0.1, 0.15) is 0 Å². The summed E-state index contributed by atoms with van der Waals surface area (Å²) in [5, 5.41) is 3.23. The fraction of sp³-hybridized carbons (Fsp3) is 0.167. The molecule has 0 atom stereocenters. The predicted octanol–water partition coefficient (Wildman–Crippen LogP) is 4.73. The van der Waals surface area contributed by atoms with E-state index < -0.39 is 0 Å². The van der Waals surface area contributed by atoms with E-state index in [-0.39, 0.29) is 5.91 Å². The minimum atomic E-state index is -0.224. The highest BCUT2D eigenvalue weighted by molar-refractivity contribution is 7.98. The standard InChI is InChI=1S/C18H18ClNO3S/c1-22-16-11-12(10-15(19)18(16)23-2)4-9-17(21)20-13-5-7-14(24-3)8-6-13/h4-11H,1-3H3,(H,20,21)/b9-4+. The van der Waals surface area contributed by atoms with Crippen LogP contribution in [0.15, 0.2) is 47.4 Å². The minimum Gasteiger partial charge on any atom is -0.493 e. The van der Waals surface area contributed by atoms with E-state index in [0.717, 1.165) is 16.1 Å². The molecule has 0 bridgehead atoms. The molecular weight excluding hydrogens is 346 g/mol. The summed E-state index contributed by atoms with van der Waals surface area (Å²) in [7, 11) is 3.06. The molecule has 0 unspecified atom stereocenters. The quantitative estimate of drug-likeness (QED) is 0.595. The van der Waals surface area contributed by atoms with E-state index >= 15 is 0 Å². The van der Waals surface area contributed by atoms with Crippen molar-refractivity contribution in [2.24, 2.45) is 0 Å². The third kappa shape index (κ3) is 4.69. The Morgan fingerprint density at radius 2 is 1.88 bits per heavy atom. The first-order valence-corrected chi connectivity index (χ1v) is 8.72. The first kappa shape index (κ1) is 18.2. The summed E-state index contributed by atoms with van der Waals surface area (Å²) in [4.78, 5) is 13.2. The summed E-state index contributed by atoms with van der Waals surface area (Å²) in [6.07, 6.45) is 5.12. The van der Waals surface area contributed by atoms with E-state index in [4.69, 9.17) is 21.1 Å². The van der Waals surface area contributed by atoms with E-state index in [0.29, 0.717) is 16.5 Å². The van der Waals surface area contributed by atoms with Crippen LogP contribution >= 0.6 is 23.4 Å². The highest BCUT2D eigenvalue weighted by atomic mass is 35.5. The van der Waals surface area contributed by atoms with E-state index in [1.54, 1.807) is 30.0 Å². The summed E-state index contributed by atoms with van der Waals surface area (Å²) in [5.41, 5.74) is 1.48. The van der Waals surface area contributed by atoms with Crippen LogP contribution in [0.4, 0.5) is 5.69 Å². The van der Waals surface area contributed by atoms with Gasteiger partial charge in [0.15, 0.2) is 11.5 Å². The maximum atomic E-state index is 12.0. The summed E-state index contributed by atoms with van der Waals surface area (Å²) < 4.78 is 10.4. The number of rotatable bonds is 6. The smallest absolute Gasteiger partial charge is 0.248 e. The molecule has 2 aromatic rings. The van der Waals surface area contributed by atoms with Crippen LogP contribution in [0, 0.1) is 0 Å². The number of thioether (sulfide) groups is 1. The fourth-order valence-electron chi connectivity index (χ4n) is 2.06. The molecule has 0 aliphatic rings. The van der Waals surface area contributed by atoms with Crippen LogP contribution in [0.25, 0.3) is 6.08 Å². The van der Waals surface area contributed by atoms with Crippen molar-refractivity contribution in [3.63, 3.8) is 0 Å². The van der Waals surface area contributed by atoms with Gasteiger partial charge in [-0.25, -0.2) is 0 Å². The van der Waals surface area contributed by atoms with Gasteiger partial charge in [0, 0.05) is 16.7 Å². The van der Waals surface area contributed by atoms with Gasteiger partial charge in [-0.3, -0.25) is 4.79 Å². The minimum absolute atomic E-state index is 0.224. The Morgan fingerprint density at radius 3 is 2.46 bits per heavy atom. The van der Waals surface area contributed by atoms with Gasteiger partial charge in [-0.2, -0.15) is 0 Å². The molecule has 4 nitrogen and oxygen atoms in total. The summed E-state index contributed by atoms with van der Waals surface area (Å²) >= 11 is 7.80. The van der Waals surface area contributed by atoms with Crippen molar-refractivity contribution in [2.75, 3.05) is 25.8 Å². The second-order valence-corrected chi connectivity index (χ2v) is 6.08. The molecule has 1 amide bonds. The van der Waals surface area contributed by atoms with Crippen molar-refractivity contribution in [1.82, 2.24) is 0 Å². The average molecular weight is 364 g/mol. The van der Waals surface area contributed by atoms with Crippen molar-refractivity contribution in [3.8, 4) is 11.5 Å². The van der Waals surface area contributed by atoms with E-state index in [9.17, 15) is 4.79 Å². The molecule has 0 heterocycles. The molecule has 6 heteroatoms. The largest absolute Gasteiger partial charge is 0.493 e. The second kappa shape index (κ2) is 8.66. The zero-order valence-corrected chi connectivity index (χ0v) is 15.2. The number of ether oxygens (including phenoxy) is 2. The molecule has 0 aliphatic heterocycles. The first-order valence-electron chi connectivity index (χ1n) is 7.12. The molecule has 2 rings (SSSR count). The van der Waals surface area contributed by atoms with Crippen LogP contribution in [-0.2, 0) is 4.79 Å². The molecule has 0 spiro atoms. The van der Waals surface area contributed by atoms with Crippen molar-refractivity contribution in [3.05, 3.63) is 53.1 Å². The van der Waals surface area contributed by atoms with E-state index in [1.165, 1.54) is 20.3 Å². The van der Waals surface area contributed by atoms with E-state index in [2.05, 4.69) is 5.32 Å². The highest BCUT2D eigenvalue weighted by Crippen LogP contribution is 2.36. The summed E-state index contributed by atoms with van der Waals surface area (Å²) in [5.74, 6) is 0.755. The molecule has 0 aromatic heterocycles. The van der Waals surface area contributed by atoms with Gasteiger partial charge in [-0.05, 0) is 54.3 Å². The lowest BCUT2D eigenvalue weighted by Crippen LogP contribution is -2.07. The zero-order valence-electron chi connectivity index (χ0n) is 13.6. The molecule has 1 N–H and O–H groups in total. The molecule has 126 valence electrons. The Balaban J connectivity index is 2.09. The third-order valence-electron chi connectivity index (χ3n) is 3.24. The van der Waals surface area contributed by atoms with Crippen LogP contribution in [0.3, 0.4) is 0 Å². The van der Waals surface area contributed by atoms with Crippen LogP contribution in [0.1, 0.15) is 5.56 Å². The number of benzene rings is 2. The molecule has 0 fully saturated rings. The number of methoxy groups -OCH3 is 2. The van der Waals surface area contributed by atoms with Gasteiger partial charge in [0.05, 0.1) is 19.2 Å². The molecule has 0 aliphatic carbocycles. The Labute approximate surface area is 150 Å². The monoisotopic (exact) mass is 363 g/mol. The maximum absolute atomic E-state index is 12.0. The zero-order chi connectivity index (χ0) is 17.5. The van der Waals surface area contributed by atoms with Crippen molar-refractivity contribution >= 4 is 41.0 Å². The molecule has 0 saturated heterocycles. The maximum Gasteiger partial charge on any atom is 0.248 e. The number of hydrogen-bond donors (Lipinski definition) is 1. The number of halogens is 1. The molecular formula is C18H18ClNO3S. The lowest BCUT2D eigenvalue weighted by molar-refractivity contribution is -0.111. The molecule has 0 saturated carbocycles. The van der Waals surface area contributed by atoms with Crippen LogP contribution in [-0.4, -0.2) is 26.4 Å². The Bertz CT molecular complexity index is 745. The Kier molecular flexibility index (Phi) is 6.58. The molecule has 24 heavy (non-hydrogen) atoms. The summed E-state index contributed by atoms with van der Waals surface area (Å²) in [6.45, 7) is 0. The number of amides is 1. The molecule has 0 radical (unpaired) electrons. The average Bonchev–Trinajstić information content (AvgIpc) is 2.60. The SMILES string of the molecule is COc1cc(/C=C/C(=O)Nc2ccc(SC)cc2)cc(Cl)c1OC. The molecule has 2 aromatic carbocycles.